The van der Waals surface area contributed by atoms with E-state index in [9.17, 15) is 19.2 Å². The Hall–Kier alpha value is -7.89. The zero-order valence-corrected chi connectivity index (χ0v) is 28.7. The molecule has 0 spiro atoms. The molecule has 0 atom stereocenters. The Morgan fingerprint density at radius 2 is 0.981 bits per heavy atom. The summed E-state index contributed by atoms with van der Waals surface area (Å²) in [6.07, 6.45) is -1.21. The molecule has 7 N–H and O–H groups in total. The van der Waals surface area contributed by atoms with Crippen molar-refractivity contribution in [1.29, 1.82) is 0 Å². The van der Waals surface area contributed by atoms with Gasteiger partial charge in [0.05, 0.1) is 58.4 Å². The number of ether oxygens (including phenoxy) is 2. The minimum absolute atomic E-state index is 0.230. The first-order valence-electron chi connectivity index (χ1n) is 15.9. The summed E-state index contributed by atoms with van der Waals surface area (Å²) in [5.41, 5.74) is 5.30. The number of carboxylic acid groups (broad SMARTS) is 1. The summed E-state index contributed by atoms with van der Waals surface area (Å²) in [7, 11) is 2.56. The van der Waals surface area contributed by atoms with Crippen LogP contribution < -0.4 is 21.8 Å². The van der Waals surface area contributed by atoms with Gasteiger partial charge in [-0.1, -0.05) is 48.5 Å². The van der Waals surface area contributed by atoms with E-state index in [1.54, 1.807) is 12.1 Å². The van der Waals surface area contributed by atoms with Gasteiger partial charge in [-0.3, -0.25) is 25.0 Å². The maximum absolute atomic E-state index is 11.9. The number of aromatic nitrogens is 8. The van der Waals surface area contributed by atoms with Crippen LogP contribution in [0.5, 0.6) is 0 Å². The first-order valence-corrected chi connectivity index (χ1v) is 15.9. The quantitative estimate of drug-likeness (QED) is 0.120. The molecule has 4 aromatic carbocycles. The Labute approximate surface area is 302 Å². The van der Waals surface area contributed by atoms with Crippen LogP contribution in [0.2, 0.25) is 0 Å². The van der Waals surface area contributed by atoms with Crippen molar-refractivity contribution in [3.8, 4) is 22.5 Å². The van der Waals surface area contributed by atoms with Gasteiger partial charge in [0.1, 0.15) is 0 Å². The van der Waals surface area contributed by atoms with Gasteiger partial charge in [0.25, 0.3) is 17.1 Å². The maximum atomic E-state index is 11.9. The SMILES string of the molecule is CC(=O)O.COC(=O)Nc1nc2ccc(-c3n[nH]c(=O)c4ccccc34)cc2[nH]1.COC(=O)Nc1nc2ccc(-c3n[nH]c(=O)c4ccccc34)cc2[nH]1. The Kier molecular flexibility index (Phi) is 10.3. The van der Waals surface area contributed by atoms with Crippen molar-refractivity contribution >= 4 is 73.7 Å². The number of amides is 2. The number of anilines is 2. The molecule has 0 aliphatic carbocycles. The van der Waals surface area contributed by atoms with Crippen LogP contribution in [0.3, 0.4) is 0 Å². The topological polar surface area (TPSA) is 263 Å². The molecule has 0 saturated heterocycles. The number of nitrogens with zero attached hydrogens (tertiary/aromatic N) is 4. The molecule has 18 heteroatoms. The lowest BCUT2D eigenvalue weighted by atomic mass is 10.0. The molecule has 0 unspecified atom stereocenters. The lowest BCUT2D eigenvalue weighted by molar-refractivity contribution is -0.134. The van der Waals surface area contributed by atoms with Crippen LogP contribution in [-0.2, 0) is 14.3 Å². The van der Waals surface area contributed by atoms with Crippen LogP contribution in [0.1, 0.15) is 6.92 Å². The molecule has 8 aromatic rings. The molecular formula is C36H30N10O8. The minimum Gasteiger partial charge on any atom is -0.481 e. The number of hydrogen-bond acceptors (Lipinski definition) is 11. The van der Waals surface area contributed by atoms with E-state index in [4.69, 9.17) is 9.90 Å². The van der Waals surface area contributed by atoms with Crippen molar-refractivity contribution < 1.29 is 29.0 Å². The van der Waals surface area contributed by atoms with Gasteiger partial charge in [0.15, 0.2) is 0 Å². The predicted octanol–water partition coefficient (Wildman–Crippen LogP) is 5.38. The summed E-state index contributed by atoms with van der Waals surface area (Å²) in [6, 6.07) is 25.6. The van der Waals surface area contributed by atoms with Gasteiger partial charge >= 0.3 is 12.2 Å². The van der Waals surface area contributed by atoms with E-state index < -0.39 is 18.2 Å². The third-order valence-corrected chi connectivity index (χ3v) is 7.71. The van der Waals surface area contributed by atoms with Gasteiger partial charge < -0.3 is 24.5 Å². The number of carboxylic acids is 1. The van der Waals surface area contributed by atoms with Crippen molar-refractivity contribution in [3.63, 3.8) is 0 Å². The molecule has 2 amide bonds. The Bertz CT molecular complexity index is 2620. The van der Waals surface area contributed by atoms with Crippen molar-refractivity contribution in [3.05, 3.63) is 106 Å². The second kappa shape index (κ2) is 15.6. The third kappa shape index (κ3) is 7.86. The van der Waals surface area contributed by atoms with Crippen LogP contribution in [0.15, 0.2) is 94.5 Å². The second-order valence-corrected chi connectivity index (χ2v) is 11.3. The average molecular weight is 731 g/mol. The van der Waals surface area contributed by atoms with Crippen molar-refractivity contribution in [1.82, 2.24) is 40.3 Å². The van der Waals surface area contributed by atoms with E-state index in [-0.39, 0.29) is 11.1 Å². The number of fused-ring (bicyclic) bond motifs is 4. The Morgan fingerprint density at radius 3 is 1.35 bits per heavy atom. The molecule has 54 heavy (non-hydrogen) atoms. The standard InChI is InChI=1S/2C17H13N5O3.C2H4O2/c2*1-25-17(24)20-16-18-12-7-6-9(8-13(12)19-16)14-10-4-2-3-5-11(10)15(23)22-21-14;1-2(3)4/h2*2-8H,1H3,(H,22,23)(H2,18,19,20,24);1H3,(H,3,4). The Balaban J connectivity index is 0.000000168. The largest absolute Gasteiger partial charge is 0.481 e. The van der Waals surface area contributed by atoms with E-state index in [0.717, 1.165) is 39.9 Å². The summed E-state index contributed by atoms with van der Waals surface area (Å²) in [4.78, 5) is 70.0. The number of aromatic amines is 4. The summed E-state index contributed by atoms with van der Waals surface area (Å²) in [5, 5.41) is 28.5. The monoisotopic (exact) mass is 730 g/mol. The summed E-state index contributed by atoms with van der Waals surface area (Å²) < 4.78 is 9.10. The minimum atomic E-state index is -0.833. The van der Waals surface area contributed by atoms with Crippen molar-refractivity contribution in [2.24, 2.45) is 0 Å². The lowest BCUT2D eigenvalue weighted by Crippen LogP contribution is -2.11. The highest BCUT2D eigenvalue weighted by atomic mass is 16.5. The molecule has 0 bridgehead atoms. The number of hydrogen-bond donors (Lipinski definition) is 7. The number of H-pyrrole nitrogens is 4. The van der Waals surface area contributed by atoms with Gasteiger partial charge in [-0.25, -0.2) is 29.8 Å². The predicted molar refractivity (Wildman–Crippen MR) is 200 cm³/mol. The fourth-order valence-corrected chi connectivity index (χ4v) is 5.40. The zero-order chi connectivity index (χ0) is 38.4. The molecule has 272 valence electrons. The number of nitrogens with one attached hydrogen (secondary N) is 6. The van der Waals surface area contributed by atoms with E-state index >= 15 is 0 Å². The molecule has 18 nitrogen and oxygen atoms in total. The molecule has 0 fully saturated rings. The van der Waals surface area contributed by atoms with Gasteiger partial charge in [-0.2, -0.15) is 10.2 Å². The third-order valence-electron chi connectivity index (χ3n) is 7.71. The van der Waals surface area contributed by atoms with Crippen LogP contribution in [0.25, 0.3) is 66.1 Å². The average Bonchev–Trinajstić information content (AvgIpc) is 3.77. The van der Waals surface area contributed by atoms with Gasteiger partial charge in [0.2, 0.25) is 11.9 Å². The number of methoxy groups -OCH3 is 2. The number of aliphatic carboxylic acids is 1. The molecule has 4 aromatic heterocycles. The maximum Gasteiger partial charge on any atom is 0.413 e. The van der Waals surface area contributed by atoms with Crippen LogP contribution in [-0.4, -0.2) is 77.8 Å². The normalized spacial score (nSPS) is 10.6. The molecule has 0 radical (unpaired) electrons. The van der Waals surface area contributed by atoms with Crippen molar-refractivity contribution in [2.45, 2.75) is 6.92 Å². The number of imidazole rings is 2. The first kappa shape index (κ1) is 35.9. The first-order chi connectivity index (χ1) is 26.0. The molecule has 0 aliphatic heterocycles. The highest BCUT2D eigenvalue weighted by Crippen LogP contribution is 2.28. The smallest absolute Gasteiger partial charge is 0.413 e. The molecular weight excluding hydrogens is 700 g/mol. The van der Waals surface area contributed by atoms with Gasteiger partial charge in [0, 0.05) is 28.8 Å². The van der Waals surface area contributed by atoms with Crippen LogP contribution in [0.4, 0.5) is 21.5 Å². The fourth-order valence-electron chi connectivity index (χ4n) is 5.40. The number of benzene rings is 4. The fraction of sp³-hybridized carbons (Fsp3) is 0.0833. The molecule has 0 saturated carbocycles. The van der Waals surface area contributed by atoms with Crippen molar-refractivity contribution in [2.75, 3.05) is 24.9 Å². The lowest BCUT2D eigenvalue weighted by Gasteiger charge is -2.04. The summed E-state index contributed by atoms with van der Waals surface area (Å²) >= 11 is 0. The van der Waals surface area contributed by atoms with E-state index in [2.05, 4.69) is 60.4 Å². The number of carbonyl (C=O) groups excluding carboxylic acids is 2. The van der Waals surface area contributed by atoms with Gasteiger partial charge in [-0.15, -0.1) is 0 Å². The Morgan fingerprint density at radius 1 is 0.611 bits per heavy atom. The molecule has 8 rings (SSSR count). The molecule has 4 heterocycles. The zero-order valence-electron chi connectivity index (χ0n) is 28.7. The highest BCUT2D eigenvalue weighted by Gasteiger charge is 2.13. The summed E-state index contributed by atoms with van der Waals surface area (Å²) in [5.74, 6) is -0.253. The summed E-state index contributed by atoms with van der Waals surface area (Å²) in [6.45, 7) is 1.08. The highest BCUT2D eigenvalue weighted by molar-refractivity contribution is 5.97. The molecule has 0 aliphatic rings. The van der Waals surface area contributed by atoms with E-state index in [1.807, 2.05) is 72.8 Å². The van der Waals surface area contributed by atoms with Crippen LogP contribution in [0, 0.1) is 0 Å². The second-order valence-electron chi connectivity index (χ2n) is 11.3. The van der Waals surface area contributed by atoms with Crippen LogP contribution >= 0.6 is 0 Å². The van der Waals surface area contributed by atoms with E-state index in [0.29, 0.717) is 45.1 Å². The van der Waals surface area contributed by atoms with E-state index in [1.165, 1.54) is 14.2 Å². The number of carbonyl (C=O) groups is 3. The number of rotatable bonds is 4. The van der Waals surface area contributed by atoms with Gasteiger partial charge in [-0.05, 0) is 36.4 Å².